The Morgan fingerprint density at radius 3 is 2.35 bits per heavy atom. The minimum atomic E-state index is -3.13. The number of piperidine rings is 1. The number of ketones is 1. The highest BCUT2D eigenvalue weighted by molar-refractivity contribution is 7.88. The maximum absolute atomic E-state index is 13.6. The molecule has 1 heterocycles. The molecule has 0 aromatic heterocycles. The van der Waals surface area contributed by atoms with Crippen LogP contribution in [0.15, 0.2) is 42.5 Å². The highest BCUT2D eigenvalue weighted by Gasteiger charge is 2.26. The zero-order valence-corrected chi connectivity index (χ0v) is 17.9. The van der Waals surface area contributed by atoms with E-state index in [-0.39, 0.29) is 5.78 Å². The first-order valence-corrected chi connectivity index (χ1v) is 12.0. The van der Waals surface area contributed by atoms with Gasteiger partial charge in [0.05, 0.1) is 12.9 Å². The van der Waals surface area contributed by atoms with Crippen LogP contribution in [-0.2, 0) is 10.0 Å². The van der Waals surface area contributed by atoms with Crippen LogP contribution in [0.3, 0.4) is 0 Å². The number of nitrogens with zero attached hydrogens (tertiary/aromatic N) is 1. The molecule has 2 aromatic rings. The van der Waals surface area contributed by atoms with E-state index in [9.17, 15) is 22.0 Å². The van der Waals surface area contributed by atoms with Gasteiger partial charge in [0, 0.05) is 24.7 Å². The summed E-state index contributed by atoms with van der Waals surface area (Å²) in [4.78, 5) is 12.4. The van der Waals surface area contributed by atoms with E-state index in [1.54, 1.807) is 18.2 Å². The van der Waals surface area contributed by atoms with E-state index in [0.29, 0.717) is 53.6 Å². The van der Waals surface area contributed by atoms with Gasteiger partial charge >= 0.3 is 0 Å². The first-order valence-electron chi connectivity index (χ1n) is 10.2. The first kappa shape index (κ1) is 21.6. The van der Waals surface area contributed by atoms with Crippen LogP contribution in [-0.4, -0.2) is 44.5 Å². The summed E-state index contributed by atoms with van der Waals surface area (Å²) in [5.41, 5.74) is 1.87. The van der Waals surface area contributed by atoms with Gasteiger partial charge in [0.25, 0.3) is 0 Å². The summed E-state index contributed by atoms with van der Waals surface area (Å²) in [7, 11) is -3.13. The Morgan fingerprint density at radius 2 is 1.71 bits per heavy atom. The fraction of sp³-hybridized carbons (Fsp3) is 0.348. The number of fused-ring (bicyclic) bond motifs is 1. The molecule has 0 N–H and O–H groups in total. The summed E-state index contributed by atoms with van der Waals surface area (Å²) in [5.74, 6) is -0.669. The second kappa shape index (κ2) is 8.51. The van der Waals surface area contributed by atoms with Gasteiger partial charge in [-0.3, -0.25) is 4.79 Å². The topological polar surface area (TPSA) is 63.7 Å². The van der Waals surface area contributed by atoms with Crippen LogP contribution in [0.2, 0.25) is 0 Å². The maximum Gasteiger partial charge on any atom is 0.211 e. The summed E-state index contributed by atoms with van der Waals surface area (Å²) in [6, 6.07) is 8.34. The van der Waals surface area contributed by atoms with Crippen molar-refractivity contribution < 1.29 is 26.7 Å². The Labute approximate surface area is 180 Å². The van der Waals surface area contributed by atoms with Gasteiger partial charge in [-0.05, 0) is 78.3 Å². The monoisotopic (exact) mass is 447 g/mol. The van der Waals surface area contributed by atoms with Crippen LogP contribution in [0.5, 0.6) is 5.75 Å². The number of carbonyl (C=O) groups is 1. The molecule has 0 bridgehead atoms. The normalized spacial score (nSPS) is 17.5. The highest BCUT2D eigenvalue weighted by Crippen LogP contribution is 2.35. The van der Waals surface area contributed by atoms with Crippen molar-refractivity contribution in [3.8, 4) is 5.75 Å². The van der Waals surface area contributed by atoms with E-state index >= 15 is 0 Å². The zero-order chi connectivity index (χ0) is 22.2. The standard InChI is InChI=1S/C23H23F2NO4S/c1-31(28,29)26-7-4-15(5-8-26)6-9-30-19-2-3-20-21(14-23(27)22(20)13-19)16-10-17(24)12-18(25)11-16/h2-3,10-15H,4-9H2,1H3. The lowest BCUT2D eigenvalue weighted by Gasteiger charge is -2.30. The molecule has 0 atom stereocenters. The van der Waals surface area contributed by atoms with E-state index in [0.717, 1.165) is 25.3 Å². The van der Waals surface area contributed by atoms with Gasteiger partial charge in [-0.25, -0.2) is 21.5 Å². The number of sulfonamides is 1. The summed E-state index contributed by atoms with van der Waals surface area (Å²) < 4.78 is 57.7. The maximum atomic E-state index is 13.6. The molecule has 2 aliphatic rings. The van der Waals surface area contributed by atoms with Crippen LogP contribution in [0.25, 0.3) is 5.57 Å². The van der Waals surface area contributed by atoms with Crippen LogP contribution < -0.4 is 4.74 Å². The molecule has 164 valence electrons. The average molecular weight is 448 g/mol. The zero-order valence-electron chi connectivity index (χ0n) is 17.1. The Balaban J connectivity index is 1.38. The molecule has 5 nitrogen and oxygen atoms in total. The molecular formula is C23H23F2NO4S. The average Bonchev–Trinajstić information content (AvgIpc) is 3.03. The Hall–Kier alpha value is -2.58. The molecule has 1 aliphatic heterocycles. The number of benzene rings is 2. The van der Waals surface area contributed by atoms with Crippen molar-refractivity contribution >= 4 is 21.4 Å². The molecule has 1 fully saturated rings. The molecule has 0 spiro atoms. The van der Waals surface area contributed by atoms with E-state index in [2.05, 4.69) is 0 Å². The van der Waals surface area contributed by atoms with Gasteiger partial charge in [0.15, 0.2) is 5.78 Å². The van der Waals surface area contributed by atoms with Crippen molar-refractivity contribution in [1.29, 1.82) is 0 Å². The number of hydrogen-bond donors (Lipinski definition) is 0. The third kappa shape index (κ3) is 4.85. The third-order valence-electron chi connectivity index (χ3n) is 5.83. The summed E-state index contributed by atoms with van der Waals surface area (Å²) in [6.45, 7) is 1.53. The Bertz CT molecular complexity index is 1130. The number of rotatable bonds is 6. The lowest BCUT2D eigenvalue weighted by Crippen LogP contribution is -2.38. The Kier molecular flexibility index (Phi) is 5.94. The van der Waals surface area contributed by atoms with Gasteiger partial charge in [-0.2, -0.15) is 0 Å². The molecule has 8 heteroatoms. The minimum Gasteiger partial charge on any atom is -0.494 e. The molecule has 0 amide bonds. The fourth-order valence-electron chi connectivity index (χ4n) is 4.16. The van der Waals surface area contributed by atoms with Gasteiger partial charge in [-0.15, -0.1) is 0 Å². The SMILES string of the molecule is CS(=O)(=O)N1CCC(CCOc2ccc3c(c2)C(=O)C=C3c2cc(F)cc(F)c2)CC1. The van der Waals surface area contributed by atoms with Crippen molar-refractivity contribution in [1.82, 2.24) is 4.31 Å². The van der Waals surface area contributed by atoms with Crippen molar-refractivity contribution in [2.24, 2.45) is 5.92 Å². The van der Waals surface area contributed by atoms with Crippen molar-refractivity contribution in [3.63, 3.8) is 0 Å². The van der Waals surface area contributed by atoms with E-state index < -0.39 is 21.7 Å². The van der Waals surface area contributed by atoms with Crippen molar-refractivity contribution in [2.45, 2.75) is 19.3 Å². The lowest BCUT2D eigenvalue weighted by molar-refractivity contribution is 0.104. The van der Waals surface area contributed by atoms with Crippen molar-refractivity contribution in [3.05, 3.63) is 70.8 Å². The van der Waals surface area contributed by atoms with Crippen LogP contribution in [0.4, 0.5) is 8.78 Å². The van der Waals surface area contributed by atoms with Gasteiger partial charge in [0.1, 0.15) is 17.4 Å². The number of ether oxygens (including phenoxy) is 1. The van der Waals surface area contributed by atoms with E-state index in [1.165, 1.54) is 28.8 Å². The highest BCUT2D eigenvalue weighted by atomic mass is 32.2. The molecule has 4 rings (SSSR count). The number of hydrogen-bond acceptors (Lipinski definition) is 4. The second-order valence-electron chi connectivity index (χ2n) is 8.03. The van der Waals surface area contributed by atoms with Gasteiger partial charge in [0.2, 0.25) is 10.0 Å². The molecule has 0 unspecified atom stereocenters. The first-order chi connectivity index (χ1) is 14.7. The smallest absolute Gasteiger partial charge is 0.211 e. The van der Waals surface area contributed by atoms with Crippen LogP contribution in [0.1, 0.15) is 40.7 Å². The number of carbonyl (C=O) groups excluding carboxylic acids is 1. The fourth-order valence-corrected chi connectivity index (χ4v) is 5.03. The predicted octanol–water partition coefficient (Wildman–Crippen LogP) is 4.03. The largest absolute Gasteiger partial charge is 0.494 e. The van der Waals surface area contributed by atoms with Crippen molar-refractivity contribution in [2.75, 3.05) is 26.0 Å². The lowest BCUT2D eigenvalue weighted by atomic mass is 9.95. The quantitative estimate of drug-likeness (QED) is 0.671. The summed E-state index contributed by atoms with van der Waals surface area (Å²) in [6.07, 6.45) is 5.02. The molecule has 1 aliphatic carbocycles. The minimum absolute atomic E-state index is 0.228. The molecule has 0 radical (unpaired) electrons. The number of allylic oxidation sites excluding steroid dienone is 1. The molecule has 1 saturated heterocycles. The number of halogens is 2. The predicted molar refractivity (Wildman–Crippen MR) is 113 cm³/mol. The van der Waals surface area contributed by atoms with E-state index in [1.807, 2.05) is 0 Å². The second-order valence-corrected chi connectivity index (χ2v) is 10.0. The third-order valence-corrected chi connectivity index (χ3v) is 7.14. The van der Waals surface area contributed by atoms with Crippen LogP contribution >= 0.6 is 0 Å². The van der Waals surface area contributed by atoms with E-state index in [4.69, 9.17) is 4.74 Å². The molecule has 0 saturated carbocycles. The van der Waals surface area contributed by atoms with Crippen LogP contribution in [0, 0.1) is 17.6 Å². The van der Waals surface area contributed by atoms with Gasteiger partial charge in [-0.1, -0.05) is 0 Å². The molecule has 31 heavy (non-hydrogen) atoms. The molecule has 2 aromatic carbocycles. The summed E-state index contributed by atoms with van der Waals surface area (Å²) >= 11 is 0. The van der Waals surface area contributed by atoms with Gasteiger partial charge < -0.3 is 4.74 Å². The Morgan fingerprint density at radius 1 is 1.03 bits per heavy atom. The summed E-state index contributed by atoms with van der Waals surface area (Å²) in [5, 5.41) is 0. The molecular weight excluding hydrogens is 424 g/mol.